The lowest BCUT2D eigenvalue weighted by molar-refractivity contribution is 0.0682. The molecule has 1 saturated heterocycles. The molecule has 1 aliphatic heterocycles. The van der Waals surface area contributed by atoms with Crippen LogP contribution in [-0.4, -0.2) is 47.8 Å². The zero-order chi connectivity index (χ0) is 17.8. The number of carbonyl (C=O) groups excluding carboxylic acids is 1. The van der Waals surface area contributed by atoms with Gasteiger partial charge in [0.15, 0.2) is 9.84 Å². The van der Waals surface area contributed by atoms with E-state index in [1.165, 1.54) is 12.1 Å². The van der Waals surface area contributed by atoms with E-state index >= 15 is 0 Å². The normalized spacial score (nSPS) is 22.2. The van der Waals surface area contributed by atoms with Gasteiger partial charge in [0.2, 0.25) is 0 Å². The summed E-state index contributed by atoms with van der Waals surface area (Å²) in [6.45, 7) is 1.77. The standard InChI is InChI=1S/C18H19FN2O3S/c1-11-8-16(15-5-2-12(19)9-17(15)20-11)18(22)21(13-3-4-13)14-6-7-25(23,24)10-14/h2,5,8-9,13-14H,3-4,6-7,10H2,1H3. The zero-order valence-electron chi connectivity index (χ0n) is 13.9. The number of aromatic nitrogens is 1. The number of pyridine rings is 1. The summed E-state index contributed by atoms with van der Waals surface area (Å²) in [7, 11) is -3.07. The van der Waals surface area contributed by atoms with Crippen LogP contribution in [0.3, 0.4) is 0 Å². The van der Waals surface area contributed by atoms with Crippen molar-refractivity contribution >= 4 is 26.6 Å². The second kappa shape index (κ2) is 5.76. The van der Waals surface area contributed by atoms with Crippen molar-refractivity contribution < 1.29 is 17.6 Å². The van der Waals surface area contributed by atoms with E-state index in [0.717, 1.165) is 12.8 Å². The Morgan fingerprint density at radius 3 is 2.60 bits per heavy atom. The summed E-state index contributed by atoms with van der Waals surface area (Å²) in [4.78, 5) is 19.4. The summed E-state index contributed by atoms with van der Waals surface area (Å²) in [5.74, 6) is -0.405. The van der Waals surface area contributed by atoms with Crippen LogP contribution in [0, 0.1) is 12.7 Å². The van der Waals surface area contributed by atoms with Gasteiger partial charge in [-0.05, 0) is 44.4 Å². The Bertz CT molecular complexity index is 964. The number of hydrogen-bond donors (Lipinski definition) is 0. The van der Waals surface area contributed by atoms with Crippen molar-refractivity contribution in [2.75, 3.05) is 11.5 Å². The molecule has 0 N–H and O–H groups in total. The molecule has 1 saturated carbocycles. The minimum absolute atomic E-state index is 0.0336. The largest absolute Gasteiger partial charge is 0.332 e. The lowest BCUT2D eigenvalue weighted by atomic mass is 10.0. The molecule has 1 aliphatic carbocycles. The second-order valence-electron chi connectivity index (χ2n) is 6.97. The van der Waals surface area contributed by atoms with Crippen molar-refractivity contribution in [2.45, 2.75) is 38.3 Å². The molecule has 2 fully saturated rings. The summed E-state index contributed by atoms with van der Waals surface area (Å²) < 4.78 is 37.3. The maximum atomic E-state index is 13.5. The Labute approximate surface area is 145 Å². The van der Waals surface area contributed by atoms with Gasteiger partial charge in [-0.15, -0.1) is 0 Å². The molecule has 25 heavy (non-hydrogen) atoms. The van der Waals surface area contributed by atoms with Crippen LogP contribution >= 0.6 is 0 Å². The Balaban J connectivity index is 1.77. The number of hydrogen-bond acceptors (Lipinski definition) is 4. The fourth-order valence-electron chi connectivity index (χ4n) is 3.63. The number of rotatable bonds is 3. The van der Waals surface area contributed by atoms with Gasteiger partial charge in [0, 0.05) is 29.2 Å². The minimum atomic E-state index is -3.07. The first-order valence-corrected chi connectivity index (χ1v) is 10.3. The molecule has 0 radical (unpaired) electrons. The molecule has 2 aliphatic rings. The Morgan fingerprint density at radius 2 is 1.96 bits per heavy atom. The van der Waals surface area contributed by atoms with Gasteiger partial charge < -0.3 is 4.90 Å². The average molecular weight is 362 g/mol. The average Bonchev–Trinajstić information content (AvgIpc) is 3.29. The SMILES string of the molecule is Cc1cc(C(=O)N(C2CC2)C2CCS(=O)(=O)C2)c2ccc(F)cc2n1. The summed E-state index contributed by atoms with van der Waals surface area (Å²) in [5, 5.41) is 0.600. The highest BCUT2D eigenvalue weighted by Crippen LogP contribution is 2.34. The van der Waals surface area contributed by atoms with Crippen molar-refractivity contribution in [2.24, 2.45) is 0 Å². The van der Waals surface area contributed by atoms with Crippen LogP contribution in [0.25, 0.3) is 10.9 Å². The first kappa shape index (κ1) is 16.4. The Morgan fingerprint density at radius 1 is 1.20 bits per heavy atom. The predicted octanol–water partition coefficient (Wildman–Crippen LogP) is 2.47. The highest BCUT2D eigenvalue weighted by atomic mass is 32.2. The van der Waals surface area contributed by atoms with Crippen LogP contribution in [0.1, 0.15) is 35.3 Å². The molecule has 4 rings (SSSR count). The maximum Gasteiger partial charge on any atom is 0.255 e. The van der Waals surface area contributed by atoms with Crippen molar-refractivity contribution in [3.63, 3.8) is 0 Å². The highest BCUT2D eigenvalue weighted by molar-refractivity contribution is 7.91. The Kier molecular flexibility index (Phi) is 3.79. The molecule has 1 aromatic heterocycles. The van der Waals surface area contributed by atoms with E-state index in [1.54, 1.807) is 24.0 Å². The van der Waals surface area contributed by atoms with Crippen LogP contribution in [0.5, 0.6) is 0 Å². The molecule has 1 amide bonds. The van der Waals surface area contributed by atoms with Crippen LogP contribution in [0.4, 0.5) is 4.39 Å². The summed E-state index contributed by atoms with van der Waals surface area (Å²) in [5.41, 5.74) is 1.55. The van der Waals surface area contributed by atoms with Crippen molar-refractivity contribution in [3.8, 4) is 0 Å². The predicted molar refractivity (Wildman–Crippen MR) is 92.7 cm³/mol. The van der Waals surface area contributed by atoms with E-state index in [1.807, 2.05) is 0 Å². The van der Waals surface area contributed by atoms with Gasteiger partial charge in [-0.3, -0.25) is 9.78 Å². The Hall–Kier alpha value is -2.02. The van der Waals surface area contributed by atoms with Gasteiger partial charge in [-0.25, -0.2) is 12.8 Å². The van der Waals surface area contributed by atoms with Crippen molar-refractivity contribution in [1.29, 1.82) is 0 Å². The van der Waals surface area contributed by atoms with Gasteiger partial charge in [-0.1, -0.05) is 0 Å². The zero-order valence-corrected chi connectivity index (χ0v) is 14.7. The number of sulfone groups is 1. The molecule has 1 atom stereocenters. The van der Waals surface area contributed by atoms with E-state index in [0.29, 0.717) is 28.6 Å². The van der Waals surface area contributed by atoms with Crippen molar-refractivity contribution in [1.82, 2.24) is 9.88 Å². The molecular weight excluding hydrogens is 343 g/mol. The lowest BCUT2D eigenvalue weighted by Crippen LogP contribution is -2.42. The number of carbonyl (C=O) groups is 1. The number of fused-ring (bicyclic) bond motifs is 1. The molecule has 5 nitrogen and oxygen atoms in total. The minimum Gasteiger partial charge on any atom is -0.332 e. The van der Waals surface area contributed by atoms with Crippen LogP contribution in [-0.2, 0) is 9.84 Å². The van der Waals surface area contributed by atoms with E-state index in [2.05, 4.69) is 4.98 Å². The van der Waals surface area contributed by atoms with Gasteiger partial charge in [-0.2, -0.15) is 0 Å². The maximum absolute atomic E-state index is 13.5. The molecule has 0 spiro atoms. The summed E-state index contributed by atoms with van der Waals surface area (Å²) >= 11 is 0. The van der Waals surface area contributed by atoms with E-state index in [9.17, 15) is 17.6 Å². The number of nitrogens with zero attached hydrogens (tertiary/aromatic N) is 2. The molecule has 0 bridgehead atoms. The summed E-state index contributed by atoms with van der Waals surface area (Å²) in [6.07, 6.45) is 2.29. The molecule has 1 aromatic carbocycles. The second-order valence-corrected chi connectivity index (χ2v) is 9.20. The molecule has 1 unspecified atom stereocenters. The highest BCUT2D eigenvalue weighted by Gasteiger charge is 2.42. The third-order valence-corrected chi connectivity index (χ3v) is 6.66. The van der Waals surface area contributed by atoms with Gasteiger partial charge in [0.05, 0.1) is 22.6 Å². The number of benzene rings is 1. The number of aryl methyl sites for hydroxylation is 1. The molecule has 132 valence electrons. The fourth-order valence-corrected chi connectivity index (χ4v) is 5.34. The monoisotopic (exact) mass is 362 g/mol. The summed E-state index contributed by atoms with van der Waals surface area (Å²) in [6, 6.07) is 5.75. The quantitative estimate of drug-likeness (QED) is 0.841. The topological polar surface area (TPSA) is 67.3 Å². The molecular formula is C18H19FN2O3S. The number of amides is 1. The smallest absolute Gasteiger partial charge is 0.255 e. The van der Waals surface area contributed by atoms with E-state index in [4.69, 9.17) is 0 Å². The molecule has 2 heterocycles. The number of halogens is 1. The van der Waals surface area contributed by atoms with E-state index < -0.39 is 15.7 Å². The van der Waals surface area contributed by atoms with Crippen LogP contribution in [0.2, 0.25) is 0 Å². The fraction of sp³-hybridized carbons (Fsp3) is 0.444. The molecule has 2 aromatic rings. The van der Waals surface area contributed by atoms with Crippen molar-refractivity contribution in [3.05, 3.63) is 41.3 Å². The van der Waals surface area contributed by atoms with Gasteiger partial charge in [0.1, 0.15) is 5.82 Å². The lowest BCUT2D eigenvalue weighted by Gasteiger charge is -2.29. The third kappa shape index (κ3) is 3.13. The third-order valence-electron chi connectivity index (χ3n) is 4.91. The van der Waals surface area contributed by atoms with Crippen LogP contribution in [0.15, 0.2) is 24.3 Å². The van der Waals surface area contributed by atoms with Crippen LogP contribution < -0.4 is 0 Å². The van der Waals surface area contributed by atoms with Gasteiger partial charge in [0.25, 0.3) is 5.91 Å². The van der Waals surface area contributed by atoms with Gasteiger partial charge >= 0.3 is 0 Å². The first-order chi connectivity index (χ1) is 11.8. The first-order valence-electron chi connectivity index (χ1n) is 8.44. The van der Waals surface area contributed by atoms with E-state index in [-0.39, 0.29) is 29.5 Å². The molecule has 7 heteroatoms.